The summed E-state index contributed by atoms with van der Waals surface area (Å²) in [5.74, 6) is 1.88. The van der Waals surface area contributed by atoms with Gasteiger partial charge >= 0.3 is 0 Å². The highest BCUT2D eigenvalue weighted by Crippen LogP contribution is 2.18. The summed E-state index contributed by atoms with van der Waals surface area (Å²) >= 11 is 0. The Kier molecular flexibility index (Phi) is 6.05. The maximum atomic E-state index is 12.9. The Hall–Kier alpha value is -3.34. The van der Waals surface area contributed by atoms with Gasteiger partial charge in [0.1, 0.15) is 17.3 Å². The average Bonchev–Trinajstić information content (AvgIpc) is 2.71. The molecule has 0 saturated heterocycles. The minimum atomic E-state index is -0.161. The van der Waals surface area contributed by atoms with Crippen LogP contribution in [0.2, 0.25) is 0 Å². The second-order valence-electron chi connectivity index (χ2n) is 6.12. The van der Waals surface area contributed by atoms with Gasteiger partial charge in [0.25, 0.3) is 5.91 Å². The van der Waals surface area contributed by atoms with Crippen LogP contribution in [0.1, 0.15) is 11.1 Å². The number of hydrogen-bond acceptors (Lipinski definition) is 4. The standard InChI is InChI=1S/C22H22N2O3/c1-17-6-5-7-20(14-17)27-16-22(25)24(21-8-3-4-13-23-21)15-18-9-11-19(26-2)12-10-18/h3-14H,15-16H2,1-2H3. The number of hydrogen-bond donors (Lipinski definition) is 0. The zero-order chi connectivity index (χ0) is 19.1. The molecule has 1 amide bonds. The van der Waals surface area contributed by atoms with Crippen molar-refractivity contribution >= 4 is 11.7 Å². The molecule has 0 atom stereocenters. The highest BCUT2D eigenvalue weighted by Gasteiger charge is 2.18. The third-order valence-corrected chi connectivity index (χ3v) is 4.08. The van der Waals surface area contributed by atoms with Crippen LogP contribution in [0.5, 0.6) is 11.5 Å². The van der Waals surface area contributed by atoms with E-state index in [1.165, 1.54) is 0 Å². The largest absolute Gasteiger partial charge is 0.497 e. The number of benzene rings is 2. The molecule has 0 bridgehead atoms. The fraction of sp³-hybridized carbons (Fsp3) is 0.182. The van der Waals surface area contributed by atoms with Gasteiger partial charge in [-0.25, -0.2) is 4.98 Å². The SMILES string of the molecule is COc1ccc(CN(C(=O)COc2cccc(C)c2)c2ccccn2)cc1. The van der Waals surface area contributed by atoms with Crippen molar-refractivity contribution in [1.82, 2.24) is 4.98 Å². The van der Waals surface area contributed by atoms with E-state index in [0.29, 0.717) is 18.1 Å². The molecule has 5 nitrogen and oxygen atoms in total. The first-order valence-corrected chi connectivity index (χ1v) is 8.69. The molecule has 5 heteroatoms. The number of nitrogens with zero attached hydrogens (tertiary/aromatic N) is 2. The first-order valence-electron chi connectivity index (χ1n) is 8.69. The Morgan fingerprint density at radius 1 is 1.00 bits per heavy atom. The summed E-state index contributed by atoms with van der Waals surface area (Å²) < 4.78 is 10.9. The topological polar surface area (TPSA) is 51.7 Å². The Bertz CT molecular complexity index is 880. The first-order chi connectivity index (χ1) is 13.2. The van der Waals surface area contributed by atoms with E-state index in [0.717, 1.165) is 16.9 Å². The van der Waals surface area contributed by atoms with Crippen molar-refractivity contribution in [3.63, 3.8) is 0 Å². The van der Waals surface area contributed by atoms with E-state index in [-0.39, 0.29) is 12.5 Å². The highest BCUT2D eigenvalue weighted by molar-refractivity contribution is 5.93. The third kappa shape index (κ3) is 5.07. The minimum absolute atomic E-state index is 0.0593. The molecule has 0 aliphatic heterocycles. The van der Waals surface area contributed by atoms with E-state index in [9.17, 15) is 4.79 Å². The second kappa shape index (κ2) is 8.85. The molecule has 3 rings (SSSR count). The quantitative estimate of drug-likeness (QED) is 0.637. The van der Waals surface area contributed by atoms with Crippen molar-refractivity contribution in [2.45, 2.75) is 13.5 Å². The molecular formula is C22H22N2O3. The number of carbonyl (C=O) groups excluding carboxylic acids is 1. The van der Waals surface area contributed by atoms with Crippen molar-refractivity contribution in [3.05, 3.63) is 84.1 Å². The molecule has 2 aromatic carbocycles. The van der Waals surface area contributed by atoms with Crippen LogP contribution >= 0.6 is 0 Å². The predicted octanol–water partition coefficient (Wildman–Crippen LogP) is 4.01. The van der Waals surface area contributed by atoms with Crippen molar-refractivity contribution in [3.8, 4) is 11.5 Å². The van der Waals surface area contributed by atoms with E-state index < -0.39 is 0 Å². The minimum Gasteiger partial charge on any atom is -0.497 e. The fourth-order valence-corrected chi connectivity index (χ4v) is 2.65. The van der Waals surface area contributed by atoms with Crippen LogP contribution in [-0.2, 0) is 11.3 Å². The van der Waals surface area contributed by atoms with Gasteiger partial charge in [0.05, 0.1) is 13.7 Å². The summed E-state index contributed by atoms with van der Waals surface area (Å²) in [6.45, 7) is 2.33. The molecule has 0 saturated carbocycles. The van der Waals surface area contributed by atoms with Crippen molar-refractivity contribution in [2.24, 2.45) is 0 Å². The van der Waals surface area contributed by atoms with E-state index in [1.54, 1.807) is 18.2 Å². The normalized spacial score (nSPS) is 10.3. The number of anilines is 1. The number of rotatable bonds is 7. The molecule has 0 aliphatic rings. The third-order valence-electron chi connectivity index (χ3n) is 4.08. The lowest BCUT2D eigenvalue weighted by molar-refractivity contribution is -0.120. The summed E-state index contributed by atoms with van der Waals surface area (Å²) in [6, 6.07) is 20.7. The molecule has 0 fully saturated rings. The molecule has 0 N–H and O–H groups in total. The van der Waals surface area contributed by atoms with Crippen molar-refractivity contribution in [1.29, 1.82) is 0 Å². The number of aryl methyl sites for hydroxylation is 1. The summed E-state index contributed by atoms with van der Waals surface area (Å²) in [5, 5.41) is 0. The molecule has 0 aliphatic carbocycles. The maximum Gasteiger partial charge on any atom is 0.266 e. The van der Waals surface area contributed by atoms with Crippen LogP contribution in [0.15, 0.2) is 72.9 Å². The number of amides is 1. The molecule has 0 spiro atoms. The van der Waals surface area contributed by atoms with Gasteiger partial charge in [-0.05, 0) is 54.4 Å². The van der Waals surface area contributed by atoms with Gasteiger partial charge in [0.15, 0.2) is 6.61 Å². The summed E-state index contributed by atoms with van der Waals surface area (Å²) in [6.07, 6.45) is 1.67. The van der Waals surface area contributed by atoms with Crippen LogP contribution in [0.25, 0.3) is 0 Å². The molecule has 0 unspecified atom stereocenters. The van der Waals surface area contributed by atoms with Gasteiger partial charge in [-0.3, -0.25) is 9.69 Å². The lowest BCUT2D eigenvalue weighted by Gasteiger charge is -2.22. The van der Waals surface area contributed by atoms with Gasteiger partial charge < -0.3 is 9.47 Å². The lowest BCUT2D eigenvalue weighted by Crippen LogP contribution is -2.35. The van der Waals surface area contributed by atoms with E-state index in [1.807, 2.05) is 73.7 Å². The van der Waals surface area contributed by atoms with E-state index in [2.05, 4.69) is 4.98 Å². The Morgan fingerprint density at radius 2 is 1.81 bits per heavy atom. The summed E-state index contributed by atoms with van der Waals surface area (Å²) in [7, 11) is 1.63. The summed E-state index contributed by atoms with van der Waals surface area (Å²) in [5.41, 5.74) is 2.06. The number of pyridine rings is 1. The fourth-order valence-electron chi connectivity index (χ4n) is 2.65. The monoisotopic (exact) mass is 362 g/mol. The Labute approximate surface area is 159 Å². The average molecular weight is 362 g/mol. The van der Waals surface area contributed by atoms with Gasteiger partial charge in [0, 0.05) is 6.20 Å². The van der Waals surface area contributed by atoms with Gasteiger partial charge in [-0.1, -0.05) is 30.3 Å². The molecule has 1 heterocycles. The van der Waals surface area contributed by atoms with E-state index >= 15 is 0 Å². The molecule has 138 valence electrons. The van der Waals surface area contributed by atoms with Gasteiger partial charge in [-0.2, -0.15) is 0 Å². The lowest BCUT2D eigenvalue weighted by atomic mass is 10.2. The molecule has 0 radical (unpaired) electrons. The Balaban J connectivity index is 1.75. The number of aromatic nitrogens is 1. The van der Waals surface area contributed by atoms with Crippen LogP contribution in [0.3, 0.4) is 0 Å². The number of carbonyl (C=O) groups is 1. The van der Waals surface area contributed by atoms with Crippen LogP contribution in [0.4, 0.5) is 5.82 Å². The molecule has 27 heavy (non-hydrogen) atoms. The highest BCUT2D eigenvalue weighted by atomic mass is 16.5. The molecular weight excluding hydrogens is 340 g/mol. The zero-order valence-electron chi connectivity index (χ0n) is 15.5. The Morgan fingerprint density at radius 3 is 2.48 bits per heavy atom. The zero-order valence-corrected chi connectivity index (χ0v) is 15.5. The second-order valence-corrected chi connectivity index (χ2v) is 6.12. The van der Waals surface area contributed by atoms with Crippen LogP contribution in [-0.4, -0.2) is 24.6 Å². The van der Waals surface area contributed by atoms with Crippen molar-refractivity contribution < 1.29 is 14.3 Å². The van der Waals surface area contributed by atoms with Gasteiger partial charge in [-0.15, -0.1) is 0 Å². The predicted molar refractivity (Wildman–Crippen MR) is 105 cm³/mol. The maximum absolute atomic E-state index is 12.9. The molecule has 3 aromatic rings. The first kappa shape index (κ1) is 18.5. The van der Waals surface area contributed by atoms with E-state index in [4.69, 9.17) is 9.47 Å². The van der Waals surface area contributed by atoms with Gasteiger partial charge in [0.2, 0.25) is 0 Å². The number of ether oxygens (including phenoxy) is 2. The summed E-state index contributed by atoms with van der Waals surface area (Å²) in [4.78, 5) is 18.8. The molecule has 1 aromatic heterocycles. The van der Waals surface area contributed by atoms with Crippen LogP contribution < -0.4 is 14.4 Å². The van der Waals surface area contributed by atoms with Crippen molar-refractivity contribution in [2.75, 3.05) is 18.6 Å². The van der Waals surface area contributed by atoms with Crippen LogP contribution in [0, 0.1) is 6.92 Å². The smallest absolute Gasteiger partial charge is 0.266 e. The number of methoxy groups -OCH3 is 1.